The highest BCUT2D eigenvalue weighted by Gasteiger charge is 2.41. The van der Waals surface area contributed by atoms with E-state index in [1.165, 1.54) is 32.1 Å². The maximum Gasteiger partial charge on any atom is 0.317 e. The molecule has 1 aromatic rings. The minimum absolute atomic E-state index is 0.00295. The molecule has 2 fully saturated rings. The Morgan fingerprint density at radius 1 is 1.26 bits per heavy atom. The fraction of sp³-hybridized carbons (Fsp3) is 0.741. The molecule has 0 spiro atoms. The number of hydrogen-bond acceptors (Lipinski definition) is 4. The van der Waals surface area contributed by atoms with Gasteiger partial charge in [0.1, 0.15) is 0 Å². The Balaban J connectivity index is 1.59. The second-order valence-corrected chi connectivity index (χ2v) is 10.8. The predicted octanol–water partition coefficient (Wildman–Crippen LogP) is 5.06. The average molecular weight is 494 g/mol. The number of rotatable bonds is 11. The molecular formula is C27H44ClN3O3. The van der Waals surface area contributed by atoms with Crippen molar-refractivity contribution in [3.63, 3.8) is 0 Å². The van der Waals surface area contributed by atoms with Gasteiger partial charge in [-0.3, -0.25) is 0 Å². The van der Waals surface area contributed by atoms with Crippen molar-refractivity contribution in [2.24, 2.45) is 17.6 Å². The number of piperidine rings is 1. The molecule has 1 heterocycles. The number of nitrogens with two attached hydrogens (primary N) is 1. The number of ether oxygens (including phenoxy) is 1. The van der Waals surface area contributed by atoms with Crippen LogP contribution in [0, 0.1) is 11.8 Å². The number of urea groups is 1. The number of nitrogens with one attached hydrogen (secondary N) is 1. The number of benzene rings is 1. The van der Waals surface area contributed by atoms with Crippen LogP contribution in [0.4, 0.5) is 4.79 Å². The minimum Gasteiger partial charge on any atom is -0.385 e. The molecule has 34 heavy (non-hydrogen) atoms. The number of hydrogen-bond donors (Lipinski definition) is 3. The van der Waals surface area contributed by atoms with E-state index < -0.39 is 5.60 Å². The lowest BCUT2D eigenvalue weighted by Crippen LogP contribution is -2.52. The zero-order valence-electron chi connectivity index (χ0n) is 20.8. The molecule has 2 amide bonds. The Morgan fingerprint density at radius 3 is 2.79 bits per heavy atom. The van der Waals surface area contributed by atoms with E-state index in [9.17, 15) is 9.90 Å². The lowest BCUT2D eigenvalue weighted by atomic mass is 9.74. The van der Waals surface area contributed by atoms with Gasteiger partial charge in [0, 0.05) is 50.3 Å². The van der Waals surface area contributed by atoms with Crippen LogP contribution in [0.15, 0.2) is 24.3 Å². The third-order valence-corrected chi connectivity index (χ3v) is 7.98. The molecule has 1 unspecified atom stereocenters. The Hall–Kier alpha value is -1.34. The predicted molar refractivity (Wildman–Crippen MR) is 138 cm³/mol. The van der Waals surface area contributed by atoms with Crippen LogP contribution in [-0.4, -0.2) is 55.4 Å². The van der Waals surface area contributed by atoms with Gasteiger partial charge < -0.3 is 25.8 Å². The monoisotopic (exact) mass is 493 g/mol. The number of carbonyl (C=O) groups excluding carboxylic acids is 1. The molecule has 0 bridgehead atoms. The molecule has 1 saturated carbocycles. The van der Waals surface area contributed by atoms with E-state index >= 15 is 0 Å². The molecule has 0 radical (unpaired) electrons. The van der Waals surface area contributed by atoms with E-state index in [4.69, 9.17) is 22.1 Å². The van der Waals surface area contributed by atoms with Crippen molar-refractivity contribution >= 4 is 17.6 Å². The molecule has 0 aromatic heterocycles. The summed E-state index contributed by atoms with van der Waals surface area (Å²) in [6.45, 7) is 2.41. The van der Waals surface area contributed by atoms with Crippen LogP contribution in [0.2, 0.25) is 5.02 Å². The molecule has 4 N–H and O–H groups in total. The number of likely N-dealkylation sites (tertiary alicyclic amines) is 1. The molecule has 3 atom stereocenters. The largest absolute Gasteiger partial charge is 0.385 e. The van der Waals surface area contributed by atoms with Gasteiger partial charge in [0.05, 0.1) is 5.60 Å². The van der Waals surface area contributed by atoms with Crippen molar-refractivity contribution in [1.29, 1.82) is 0 Å². The van der Waals surface area contributed by atoms with Gasteiger partial charge in [-0.2, -0.15) is 0 Å². The lowest BCUT2D eigenvalue weighted by Gasteiger charge is -2.43. The molecule has 3 rings (SSSR count). The second-order valence-electron chi connectivity index (χ2n) is 10.4. The first kappa shape index (κ1) is 27.3. The van der Waals surface area contributed by atoms with Crippen molar-refractivity contribution < 1.29 is 14.6 Å². The number of amides is 2. The van der Waals surface area contributed by atoms with E-state index in [1.54, 1.807) is 7.11 Å². The molecule has 192 valence electrons. The Morgan fingerprint density at radius 2 is 2.06 bits per heavy atom. The molecule has 1 aliphatic carbocycles. The van der Waals surface area contributed by atoms with E-state index in [2.05, 4.69) is 5.32 Å². The van der Waals surface area contributed by atoms with Gasteiger partial charge in [-0.05, 0) is 62.1 Å². The van der Waals surface area contributed by atoms with Crippen LogP contribution in [-0.2, 0) is 10.3 Å². The number of methoxy groups -OCH3 is 1. The maximum absolute atomic E-state index is 13.0. The highest BCUT2D eigenvalue weighted by Crippen LogP contribution is 2.40. The lowest BCUT2D eigenvalue weighted by molar-refractivity contribution is -0.0563. The number of carbonyl (C=O) groups is 1. The Bertz CT molecular complexity index is 758. The molecule has 7 heteroatoms. The summed E-state index contributed by atoms with van der Waals surface area (Å²) in [5.74, 6) is 0.648. The zero-order valence-corrected chi connectivity index (χ0v) is 21.6. The third-order valence-electron chi connectivity index (χ3n) is 7.74. The summed E-state index contributed by atoms with van der Waals surface area (Å²) >= 11 is 6.28. The first-order valence-corrected chi connectivity index (χ1v) is 13.6. The topological polar surface area (TPSA) is 87.8 Å². The summed E-state index contributed by atoms with van der Waals surface area (Å²) in [7, 11) is 1.70. The van der Waals surface area contributed by atoms with Crippen LogP contribution in [0.25, 0.3) is 0 Å². The van der Waals surface area contributed by atoms with Gasteiger partial charge in [0.15, 0.2) is 0 Å². The van der Waals surface area contributed by atoms with Crippen molar-refractivity contribution in [2.45, 2.75) is 82.3 Å². The third kappa shape index (κ3) is 7.84. The number of unbranched alkanes of at least 4 members (excludes halogenated alkanes) is 1. The SMILES string of the molecule is COCCCC[C@@](O)(c1cccc(Cl)c1)[C@@H]1CCCN(C(=O)NCC(N)CC2CCCCC2)C1. The summed E-state index contributed by atoms with van der Waals surface area (Å²) in [6, 6.07) is 7.45. The fourth-order valence-corrected chi connectivity index (χ4v) is 5.99. The fourth-order valence-electron chi connectivity index (χ4n) is 5.80. The van der Waals surface area contributed by atoms with E-state index in [0.717, 1.165) is 37.7 Å². The van der Waals surface area contributed by atoms with Gasteiger partial charge in [0.25, 0.3) is 0 Å². The standard InChI is InChI=1S/C27H44ClN3O3/c1-34-16-6-5-14-27(33,22-11-7-13-24(28)18-22)23-12-8-15-31(20-23)26(32)30-19-25(29)17-21-9-3-2-4-10-21/h7,11,13,18,21,23,25,33H,2-6,8-10,12,14-17,19-20,29H2,1H3,(H,30,32)/t23-,25?,27-/m1/s1. The highest BCUT2D eigenvalue weighted by atomic mass is 35.5. The summed E-state index contributed by atoms with van der Waals surface area (Å²) in [6.07, 6.45) is 11.5. The number of nitrogens with zero attached hydrogens (tertiary/aromatic N) is 1. The van der Waals surface area contributed by atoms with Gasteiger partial charge in [-0.1, -0.05) is 55.8 Å². The van der Waals surface area contributed by atoms with Gasteiger partial charge in [-0.15, -0.1) is 0 Å². The Kier molecular flexibility index (Phi) is 11.0. The highest BCUT2D eigenvalue weighted by molar-refractivity contribution is 6.30. The maximum atomic E-state index is 13.0. The summed E-state index contributed by atoms with van der Waals surface area (Å²) < 4.78 is 5.20. The van der Waals surface area contributed by atoms with Crippen LogP contribution in [0.5, 0.6) is 0 Å². The van der Waals surface area contributed by atoms with E-state index in [1.807, 2.05) is 29.2 Å². The van der Waals surface area contributed by atoms with Gasteiger partial charge in [-0.25, -0.2) is 4.79 Å². The Labute approximate surface area is 210 Å². The summed E-state index contributed by atoms with van der Waals surface area (Å²) in [5, 5.41) is 15.6. The first-order chi connectivity index (χ1) is 16.4. The zero-order chi connectivity index (χ0) is 24.4. The van der Waals surface area contributed by atoms with Crippen molar-refractivity contribution in [3.05, 3.63) is 34.9 Å². The van der Waals surface area contributed by atoms with E-state index in [0.29, 0.717) is 43.6 Å². The summed E-state index contributed by atoms with van der Waals surface area (Å²) in [4.78, 5) is 14.9. The van der Waals surface area contributed by atoms with Crippen molar-refractivity contribution in [2.75, 3.05) is 33.4 Å². The van der Waals surface area contributed by atoms with Crippen LogP contribution in [0.3, 0.4) is 0 Å². The normalized spacial score (nSPS) is 22.2. The molecule has 2 aliphatic rings. The van der Waals surface area contributed by atoms with Gasteiger partial charge >= 0.3 is 6.03 Å². The van der Waals surface area contributed by atoms with Crippen molar-refractivity contribution in [1.82, 2.24) is 10.2 Å². The first-order valence-electron chi connectivity index (χ1n) is 13.2. The number of aliphatic hydroxyl groups is 1. The molecule has 6 nitrogen and oxygen atoms in total. The van der Waals surface area contributed by atoms with E-state index in [-0.39, 0.29) is 18.0 Å². The molecule has 1 aliphatic heterocycles. The smallest absolute Gasteiger partial charge is 0.317 e. The molecule has 1 saturated heterocycles. The van der Waals surface area contributed by atoms with Crippen LogP contribution >= 0.6 is 11.6 Å². The molecule has 1 aromatic carbocycles. The summed E-state index contributed by atoms with van der Waals surface area (Å²) in [5.41, 5.74) is 6.15. The second kappa shape index (κ2) is 13.7. The quantitative estimate of drug-likeness (QED) is 0.376. The van der Waals surface area contributed by atoms with Crippen molar-refractivity contribution in [3.8, 4) is 0 Å². The average Bonchev–Trinajstić information content (AvgIpc) is 2.86. The van der Waals surface area contributed by atoms with Gasteiger partial charge in [0.2, 0.25) is 0 Å². The van der Waals surface area contributed by atoms with Crippen LogP contribution in [0.1, 0.15) is 76.2 Å². The van der Waals surface area contributed by atoms with Crippen LogP contribution < -0.4 is 11.1 Å². The number of halogens is 1. The minimum atomic E-state index is -1.03. The molecular weight excluding hydrogens is 450 g/mol.